The average Bonchev–Trinajstić information content (AvgIpc) is 3.11. The standard InChI is InChI=1S/C17H17ClN4O3S2/c18-16-6-3-14(26-16)12-20-17(23)21-7-9-22(10-8-21)27(24,25)15-4-1-13(11-19)2-5-15/h1-6H,7-10,12H2,(H,20,23). The Bertz CT molecular complexity index is 959. The number of nitrogens with one attached hydrogen (secondary N) is 1. The number of carbonyl (C=O) groups is 1. The van der Waals surface area contributed by atoms with Crippen molar-refractivity contribution < 1.29 is 13.2 Å². The Morgan fingerprint density at radius 3 is 2.37 bits per heavy atom. The van der Waals surface area contributed by atoms with Gasteiger partial charge in [-0.25, -0.2) is 13.2 Å². The lowest BCUT2D eigenvalue weighted by molar-refractivity contribution is 0.172. The molecule has 0 saturated carbocycles. The van der Waals surface area contributed by atoms with E-state index in [0.29, 0.717) is 29.5 Å². The van der Waals surface area contributed by atoms with Gasteiger partial charge in [-0.3, -0.25) is 0 Å². The highest BCUT2D eigenvalue weighted by Crippen LogP contribution is 2.21. The summed E-state index contributed by atoms with van der Waals surface area (Å²) in [6.45, 7) is 1.46. The largest absolute Gasteiger partial charge is 0.333 e. The predicted octanol–water partition coefficient (Wildman–Crippen LogP) is 2.49. The van der Waals surface area contributed by atoms with Crippen molar-refractivity contribution in [2.24, 2.45) is 0 Å². The average molecular weight is 425 g/mol. The number of carbonyl (C=O) groups excluding carboxylic acids is 1. The molecule has 27 heavy (non-hydrogen) atoms. The number of nitrogens with zero attached hydrogens (tertiary/aromatic N) is 3. The summed E-state index contributed by atoms with van der Waals surface area (Å²) in [6, 6.07) is 11.2. The van der Waals surface area contributed by atoms with Crippen molar-refractivity contribution in [3.05, 3.63) is 51.2 Å². The first kappa shape index (κ1) is 19.6. The first-order valence-corrected chi connectivity index (χ1v) is 10.8. The van der Waals surface area contributed by atoms with Gasteiger partial charge < -0.3 is 10.2 Å². The SMILES string of the molecule is N#Cc1ccc(S(=O)(=O)N2CCN(C(=O)NCc3ccc(Cl)s3)CC2)cc1. The molecule has 1 fully saturated rings. The van der Waals surface area contributed by atoms with Gasteiger partial charge in [0.1, 0.15) is 0 Å². The van der Waals surface area contributed by atoms with Crippen LogP contribution in [-0.2, 0) is 16.6 Å². The van der Waals surface area contributed by atoms with E-state index in [2.05, 4.69) is 5.32 Å². The van der Waals surface area contributed by atoms with Crippen molar-refractivity contribution in [2.75, 3.05) is 26.2 Å². The maximum Gasteiger partial charge on any atom is 0.317 e. The Morgan fingerprint density at radius 2 is 1.81 bits per heavy atom. The molecule has 1 N–H and O–H groups in total. The van der Waals surface area contributed by atoms with E-state index < -0.39 is 10.0 Å². The maximum atomic E-state index is 12.7. The zero-order valence-corrected chi connectivity index (χ0v) is 16.6. The number of urea groups is 1. The van der Waals surface area contributed by atoms with Crippen LogP contribution in [0.15, 0.2) is 41.3 Å². The Balaban J connectivity index is 1.55. The lowest BCUT2D eigenvalue weighted by Crippen LogP contribution is -2.52. The molecular formula is C17H17ClN4O3S2. The molecule has 1 aliphatic heterocycles. The fourth-order valence-electron chi connectivity index (χ4n) is 2.70. The van der Waals surface area contributed by atoms with E-state index in [4.69, 9.17) is 16.9 Å². The lowest BCUT2D eigenvalue weighted by atomic mass is 10.2. The fourth-order valence-corrected chi connectivity index (χ4v) is 5.15. The van der Waals surface area contributed by atoms with Crippen LogP contribution in [0.2, 0.25) is 4.34 Å². The highest BCUT2D eigenvalue weighted by Gasteiger charge is 2.30. The lowest BCUT2D eigenvalue weighted by Gasteiger charge is -2.34. The third-order valence-corrected chi connectivity index (χ3v) is 7.33. The van der Waals surface area contributed by atoms with Gasteiger partial charge in [-0.05, 0) is 36.4 Å². The maximum absolute atomic E-state index is 12.7. The second-order valence-electron chi connectivity index (χ2n) is 5.89. The Hall–Kier alpha value is -2.12. The third kappa shape index (κ3) is 4.59. The molecule has 3 rings (SSSR count). The summed E-state index contributed by atoms with van der Waals surface area (Å²) in [4.78, 5) is 15.0. The van der Waals surface area contributed by atoms with Crippen LogP contribution >= 0.6 is 22.9 Å². The molecule has 1 aromatic heterocycles. The number of sulfonamides is 1. The Morgan fingerprint density at radius 1 is 1.15 bits per heavy atom. The summed E-state index contributed by atoms with van der Waals surface area (Å²) in [5, 5.41) is 11.6. The van der Waals surface area contributed by atoms with E-state index in [-0.39, 0.29) is 24.0 Å². The van der Waals surface area contributed by atoms with Crippen molar-refractivity contribution in [1.82, 2.24) is 14.5 Å². The Kier molecular flexibility index (Phi) is 6.01. The number of halogens is 1. The van der Waals surface area contributed by atoms with Crippen LogP contribution in [0.1, 0.15) is 10.4 Å². The topological polar surface area (TPSA) is 93.5 Å². The second-order valence-corrected chi connectivity index (χ2v) is 9.63. The van der Waals surface area contributed by atoms with Gasteiger partial charge in [0.05, 0.1) is 27.4 Å². The molecule has 142 valence electrons. The minimum Gasteiger partial charge on any atom is -0.333 e. The van der Waals surface area contributed by atoms with Gasteiger partial charge in [0, 0.05) is 31.1 Å². The Labute approximate surface area is 166 Å². The van der Waals surface area contributed by atoms with Gasteiger partial charge in [-0.2, -0.15) is 9.57 Å². The summed E-state index contributed by atoms with van der Waals surface area (Å²) in [5.74, 6) is 0. The number of piperazine rings is 1. The molecule has 0 spiro atoms. The molecule has 2 amide bonds. The summed E-state index contributed by atoms with van der Waals surface area (Å²) in [6.07, 6.45) is 0. The van der Waals surface area contributed by atoms with E-state index in [1.807, 2.05) is 12.1 Å². The van der Waals surface area contributed by atoms with E-state index >= 15 is 0 Å². The molecule has 0 bridgehead atoms. The van der Waals surface area contributed by atoms with Crippen LogP contribution in [0, 0.1) is 11.3 Å². The van der Waals surface area contributed by atoms with Crippen LogP contribution in [0.5, 0.6) is 0 Å². The monoisotopic (exact) mass is 424 g/mol. The number of amides is 2. The molecule has 1 saturated heterocycles. The number of hydrogen-bond donors (Lipinski definition) is 1. The number of hydrogen-bond acceptors (Lipinski definition) is 5. The van der Waals surface area contributed by atoms with E-state index in [9.17, 15) is 13.2 Å². The molecule has 0 unspecified atom stereocenters. The van der Waals surface area contributed by atoms with E-state index in [0.717, 1.165) is 4.88 Å². The van der Waals surface area contributed by atoms with E-state index in [1.54, 1.807) is 11.0 Å². The zero-order valence-electron chi connectivity index (χ0n) is 14.3. The van der Waals surface area contributed by atoms with Crippen LogP contribution in [-0.4, -0.2) is 49.8 Å². The van der Waals surface area contributed by atoms with Crippen molar-refractivity contribution >= 4 is 39.0 Å². The summed E-state index contributed by atoms with van der Waals surface area (Å²) in [5.41, 5.74) is 0.405. The van der Waals surface area contributed by atoms with Crippen molar-refractivity contribution in [3.63, 3.8) is 0 Å². The highest BCUT2D eigenvalue weighted by molar-refractivity contribution is 7.89. The van der Waals surface area contributed by atoms with Gasteiger partial charge in [0.15, 0.2) is 0 Å². The molecule has 10 heteroatoms. The molecular weight excluding hydrogens is 408 g/mol. The first-order valence-electron chi connectivity index (χ1n) is 8.17. The van der Waals surface area contributed by atoms with Gasteiger partial charge in [0.25, 0.3) is 0 Å². The van der Waals surface area contributed by atoms with Crippen molar-refractivity contribution in [2.45, 2.75) is 11.4 Å². The molecule has 2 heterocycles. The summed E-state index contributed by atoms with van der Waals surface area (Å²) < 4.78 is 27.4. The first-order chi connectivity index (χ1) is 12.9. The molecule has 0 aliphatic carbocycles. The smallest absolute Gasteiger partial charge is 0.317 e. The number of nitriles is 1. The number of rotatable bonds is 4. The van der Waals surface area contributed by atoms with Crippen LogP contribution in [0.4, 0.5) is 4.79 Å². The van der Waals surface area contributed by atoms with Gasteiger partial charge in [0.2, 0.25) is 10.0 Å². The molecule has 0 radical (unpaired) electrons. The minimum absolute atomic E-state index is 0.147. The number of thiophene rings is 1. The van der Waals surface area contributed by atoms with Gasteiger partial charge in [-0.1, -0.05) is 11.6 Å². The van der Waals surface area contributed by atoms with Crippen LogP contribution in [0.25, 0.3) is 0 Å². The van der Waals surface area contributed by atoms with E-state index in [1.165, 1.54) is 39.9 Å². The predicted molar refractivity (Wildman–Crippen MR) is 103 cm³/mol. The van der Waals surface area contributed by atoms with Gasteiger partial charge in [-0.15, -0.1) is 11.3 Å². The normalized spacial score (nSPS) is 15.3. The zero-order chi connectivity index (χ0) is 19.4. The van der Waals surface area contributed by atoms with Crippen molar-refractivity contribution in [1.29, 1.82) is 5.26 Å². The van der Waals surface area contributed by atoms with Crippen LogP contribution in [0.3, 0.4) is 0 Å². The second kappa shape index (κ2) is 8.27. The summed E-state index contributed by atoms with van der Waals surface area (Å²) >= 11 is 7.27. The molecule has 0 atom stereocenters. The minimum atomic E-state index is -3.64. The molecule has 1 aliphatic rings. The molecule has 7 nitrogen and oxygen atoms in total. The van der Waals surface area contributed by atoms with Gasteiger partial charge >= 0.3 is 6.03 Å². The number of benzene rings is 1. The van der Waals surface area contributed by atoms with Crippen molar-refractivity contribution in [3.8, 4) is 6.07 Å². The summed E-state index contributed by atoms with van der Waals surface area (Å²) in [7, 11) is -3.64. The third-order valence-electron chi connectivity index (χ3n) is 4.19. The van der Waals surface area contributed by atoms with Crippen LogP contribution < -0.4 is 5.32 Å². The quantitative estimate of drug-likeness (QED) is 0.815. The molecule has 2 aromatic rings. The molecule has 1 aromatic carbocycles. The fraction of sp³-hybridized carbons (Fsp3) is 0.294. The highest BCUT2D eigenvalue weighted by atomic mass is 35.5.